The second-order valence-electron chi connectivity index (χ2n) is 11.0. The fourth-order valence-electron chi connectivity index (χ4n) is 4.25. The highest BCUT2D eigenvalue weighted by Gasteiger charge is 2.29. The maximum absolute atomic E-state index is 11.6. The summed E-state index contributed by atoms with van der Waals surface area (Å²) in [5.74, 6) is 0.513. The molecule has 0 fully saturated rings. The van der Waals surface area contributed by atoms with Gasteiger partial charge in [-0.25, -0.2) is 24.6 Å². The third-order valence-corrected chi connectivity index (χ3v) is 6.38. The summed E-state index contributed by atoms with van der Waals surface area (Å²) in [6.45, 7) is 9.61. The van der Waals surface area contributed by atoms with E-state index in [4.69, 9.17) is 15.5 Å². The molecule has 0 atom stereocenters. The third kappa shape index (κ3) is 5.02. The van der Waals surface area contributed by atoms with Gasteiger partial charge in [-0.3, -0.25) is 4.79 Å². The number of benzene rings is 2. The largest absolute Gasteiger partial charge is 0.492 e. The number of nitrogens with two attached hydrogens (primary N) is 1. The monoisotopic (exact) mass is 526 g/mol. The fourth-order valence-corrected chi connectivity index (χ4v) is 4.25. The molecule has 0 saturated heterocycles. The number of aromatic nitrogens is 7. The number of anilines is 1. The van der Waals surface area contributed by atoms with Crippen molar-refractivity contribution < 1.29 is 14.6 Å². The SMILES string of the molecule is CC(C)(COc1ccc(-n2cncn2)c(-c2nc3cc(-c4cnc(N)nc4)ccc3n2C(C)(C)C)c1)C(=O)O. The molecule has 3 heterocycles. The maximum Gasteiger partial charge on any atom is 0.312 e. The number of carbonyl (C=O) groups is 1. The number of aliphatic carboxylic acids is 1. The highest BCUT2D eigenvalue weighted by Crippen LogP contribution is 2.37. The van der Waals surface area contributed by atoms with Gasteiger partial charge in [-0.05, 0) is 70.5 Å². The lowest BCUT2D eigenvalue weighted by atomic mass is 9.95. The van der Waals surface area contributed by atoms with Gasteiger partial charge in [0.15, 0.2) is 0 Å². The molecule has 200 valence electrons. The van der Waals surface area contributed by atoms with E-state index in [0.29, 0.717) is 11.6 Å². The Hall–Kier alpha value is -4.80. The number of rotatable bonds is 7. The van der Waals surface area contributed by atoms with Gasteiger partial charge < -0.3 is 20.1 Å². The Bertz CT molecular complexity index is 1650. The Morgan fingerprint density at radius 2 is 1.77 bits per heavy atom. The van der Waals surface area contributed by atoms with E-state index in [0.717, 1.165) is 33.4 Å². The standard InChI is InChI=1S/C28H30N8O3/c1-27(2,3)36-23-8-6-17(18-12-31-26(29)32-13-18)10-21(23)34-24(36)20-11-19(39-14-28(4,5)25(37)38)7-9-22(20)35-16-30-15-33-35/h6-13,15-16H,14H2,1-5H3,(H,37,38)(H2,29,31,32). The Morgan fingerprint density at radius 1 is 1.03 bits per heavy atom. The summed E-state index contributed by atoms with van der Waals surface area (Å²) in [6.07, 6.45) is 6.47. The number of carboxylic acid groups (broad SMARTS) is 1. The molecule has 0 aliphatic heterocycles. The van der Waals surface area contributed by atoms with Crippen LogP contribution in [0.1, 0.15) is 34.6 Å². The van der Waals surface area contributed by atoms with Crippen LogP contribution in [0.3, 0.4) is 0 Å². The van der Waals surface area contributed by atoms with Crippen LogP contribution in [-0.2, 0) is 10.3 Å². The van der Waals surface area contributed by atoms with Crippen molar-refractivity contribution in [1.82, 2.24) is 34.3 Å². The molecule has 11 heteroatoms. The minimum atomic E-state index is -1.05. The van der Waals surface area contributed by atoms with Crippen molar-refractivity contribution in [3.63, 3.8) is 0 Å². The van der Waals surface area contributed by atoms with Crippen LogP contribution in [0.2, 0.25) is 0 Å². The van der Waals surface area contributed by atoms with Crippen molar-refractivity contribution in [1.29, 1.82) is 0 Å². The topological polar surface area (TPSA) is 147 Å². The second-order valence-corrected chi connectivity index (χ2v) is 11.0. The number of ether oxygens (including phenoxy) is 1. The van der Waals surface area contributed by atoms with Gasteiger partial charge in [-0.15, -0.1) is 0 Å². The van der Waals surface area contributed by atoms with Gasteiger partial charge in [0, 0.05) is 29.1 Å². The lowest BCUT2D eigenvalue weighted by molar-refractivity contribution is -0.148. The summed E-state index contributed by atoms with van der Waals surface area (Å²) in [5.41, 5.74) is 9.28. The third-order valence-electron chi connectivity index (χ3n) is 6.38. The quantitative estimate of drug-likeness (QED) is 0.311. The van der Waals surface area contributed by atoms with Gasteiger partial charge >= 0.3 is 5.97 Å². The molecule has 5 rings (SSSR count). The Balaban J connectivity index is 1.69. The summed E-state index contributed by atoms with van der Waals surface area (Å²) in [4.78, 5) is 29.1. The molecule has 0 aliphatic rings. The van der Waals surface area contributed by atoms with Crippen molar-refractivity contribution in [2.24, 2.45) is 5.41 Å². The smallest absolute Gasteiger partial charge is 0.312 e. The lowest BCUT2D eigenvalue weighted by Crippen LogP contribution is -2.30. The van der Waals surface area contributed by atoms with Crippen LogP contribution in [-0.4, -0.2) is 52.0 Å². The molecule has 0 saturated carbocycles. The normalized spacial score (nSPS) is 12.1. The molecule has 11 nitrogen and oxygen atoms in total. The van der Waals surface area contributed by atoms with Gasteiger partial charge in [0.25, 0.3) is 0 Å². The summed E-state index contributed by atoms with van der Waals surface area (Å²) in [6, 6.07) is 11.6. The van der Waals surface area contributed by atoms with E-state index in [2.05, 4.69) is 45.4 Å². The van der Waals surface area contributed by atoms with E-state index in [1.54, 1.807) is 43.3 Å². The first-order valence-corrected chi connectivity index (χ1v) is 12.4. The number of nitrogens with zero attached hydrogens (tertiary/aromatic N) is 7. The van der Waals surface area contributed by atoms with Crippen LogP contribution in [0, 0.1) is 5.41 Å². The zero-order chi connectivity index (χ0) is 27.9. The van der Waals surface area contributed by atoms with Gasteiger partial charge in [0.2, 0.25) is 5.95 Å². The first-order valence-electron chi connectivity index (χ1n) is 12.4. The van der Waals surface area contributed by atoms with Gasteiger partial charge in [0.05, 0.1) is 22.1 Å². The molecular formula is C28H30N8O3. The summed E-state index contributed by atoms with van der Waals surface area (Å²) in [5, 5.41) is 13.9. The van der Waals surface area contributed by atoms with Crippen LogP contribution in [0.4, 0.5) is 5.95 Å². The lowest BCUT2D eigenvalue weighted by Gasteiger charge is -2.26. The van der Waals surface area contributed by atoms with Crippen molar-refractivity contribution in [2.75, 3.05) is 12.3 Å². The Morgan fingerprint density at radius 3 is 2.41 bits per heavy atom. The zero-order valence-electron chi connectivity index (χ0n) is 22.5. The number of fused-ring (bicyclic) bond motifs is 1. The molecule has 3 aromatic heterocycles. The summed E-state index contributed by atoms with van der Waals surface area (Å²) < 4.78 is 9.81. The van der Waals surface area contributed by atoms with Gasteiger partial charge in [-0.1, -0.05) is 6.07 Å². The molecule has 0 radical (unpaired) electrons. The Labute approximate surface area is 225 Å². The number of hydrogen-bond acceptors (Lipinski definition) is 8. The van der Waals surface area contributed by atoms with Crippen molar-refractivity contribution in [3.05, 3.63) is 61.4 Å². The van der Waals surface area contributed by atoms with Crippen molar-refractivity contribution >= 4 is 23.0 Å². The number of carboxylic acids is 1. The number of hydrogen-bond donors (Lipinski definition) is 2. The van der Waals surface area contributed by atoms with E-state index in [1.165, 1.54) is 6.33 Å². The highest BCUT2D eigenvalue weighted by molar-refractivity contribution is 5.87. The second kappa shape index (κ2) is 9.50. The first-order chi connectivity index (χ1) is 18.4. The minimum absolute atomic E-state index is 0.00710. The van der Waals surface area contributed by atoms with Crippen LogP contribution in [0.5, 0.6) is 5.75 Å². The highest BCUT2D eigenvalue weighted by atomic mass is 16.5. The average molecular weight is 527 g/mol. The maximum atomic E-state index is 11.6. The molecule has 2 aromatic carbocycles. The predicted molar refractivity (Wildman–Crippen MR) is 147 cm³/mol. The zero-order valence-corrected chi connectivity index (χ0v) is 22.5. The van der Waals surface area contributed by atoms with Crippen LogP contribution in [0.25, 0.3) is 39.2 Å². The van der Waals surface area contributed by atoms with E-state index < -0.39 is 11.4 Å². The van der Waals surface area contributed by atoms with E-state index in [9.17, 15) is 9.90 Å². The molecule has 0 aliphatic carbocycles. The molecule has 3 N–H and O–H groups in total. The Kier molecular flexibility index (Phi) is 6.29. The number of imidazole rings is 1. The van der Waals surface area contributed by atoms with Crippen molar-refractivity contribution in [2.45, 2.75) is 40.2 Å². The van der Waals surface area contributed by atoms with E-state index >= 15 is 0 Å². The van der Waals surface area contributed by atoms with Crippen molar-refractivity contribution in [3.8, 4) is 34.0 Å². The molecule has 0 spiro atoms. The molecular weight excluding hydrogens is 496 g/mol. The van der Waals surface area contributed by atoms with Crippen LogP contribution < -0.4 is 10.5 Å². The molecule has 0 bridgehead atoms. The van der Waals surface area contributed by atoms with Gasteiger partial charge in [-0.2, -0.15) is 5.10 Å². The van der Waals surface area contributed by atoms with Gasteiger partial charge in [0.1, 0.15) is 30.8 Å². The first kappa shape index (κ1) is 25.8. The molecule has 0 unspecified atom stereocenters. The molecule has 0 amide bonds. The van der Waals surface area contributed by atoms with E-state index in [-0.39, 0.29) is 18.1 Å². The predicted octanol–water partition coefficient (Wildman–Crippen LogP) is 4.57. The molecule has 39 heavy (non-hydrogen) atoms. The molecule has 5 aromatic rings. The summed E-state index contributed by atoms with van der Waals surface area (Å²) >= 11 is 0. The fraction of sp³-hybridized carbons (Fsp3) is 0.286. The number of nitrogen functional groups attached to an aromatic ring is 1. The minimum Gasteiger partial charge on any atom is -0.492 e. The average Bonchev–Trinajstić information content (AvgIpc) is 3.55. The van der Waals surface area contributed by atoms with Crippen LogP contribution >= 0.6 is 0 Å². The van der Waals surface area contributed by atoms with Crippen LogP contribution in [0.15, 0.2) is 61.4 Å². The summed E-state index contributed by atoms with van der Waals surface area (Å²) in [7, 11) is 0. The van der Waals surface area contributed by atoms with E-state index in [1.807, 2.05) is 30.3 Å².